The van der Waals surface area contributed by atoms with Gasteiger partial charge in [0.1, 0.15) is 0 Å². The van der Waals surface area contributed by atoms with E-state index < -0.39 is 10.0 Å². The van der Waals surface area contributed by atoms with Crippen LogP contribution in [-0.4, -0.2) is 21.0 Å². The van der Waals surface area contributed by atoms with Gasteiger partial charge in [0, 0.05) is 12.6 Å². The van der Waals surface area contributed by atoms with E-state index in [0.717, 1.165) is 0 Å². The molecule has 0 spiro atoms. The Balaban J connectivity index is 2.82. The van der Waals surface area contributed by atoms with Crippen molar-refractivity contribution in [1.29, 1.82) is 5.26 Å². The van der Waals surface area contributed by atoms with E-state index in [4.69, 9.17) is 11.0 Å². The zero-order valence-electron chi connectivity index (χ0n) is 11.1. The maximum atomic E-state index is 12.0. The molecule has 0 amide bonds. The van der Waals surface area contributed by atoms with Gasteiger partial charge in [-0.1, -0.05) is 26.0 Å². The van der Waals surface area contributed by atoms with Crippen molar-refractivity contribution in [3.8, 4) is 6.07 Å². The molecular weight excluding hydrogens is 262 g/mol. The molecule has 1 aromatic rings. The van der Waals surface area contributed by atoms with Gasteiger partial charge in [0.25, 0.3) is 0 Å². The molecule has 0 fully saturated rings. The van der Waals surface area contributed by atoms with E-state index in [1.54, 1.807) is 24.3 Å². The zero-order valence-corrected chi connectivity index (χ0v) is 11.9. The summed E-state index contributed by atoms with van der Waals surface area (Å²) in [5.74, 6) is -0.0173. The SMILES string of the molecule is CC(C)C(CN)NS(=O)(=O)Cc1cccc(C#N)c1. The molecule has 1 unspecified atom stereocenters. The second-order valence-corrected chi connectivity index (χ2v) is 6.53. The van der Waals surface area contributed by atoms with E-state index >= 15 is 0 Å². The van der Waals surface area contributed by atoms with Gasteiger partial charge in [-0.15, -0.1) is 0 Å². The van der Waals surface area contributed by atoms with Crippen molar-refractivity contribution in [2.24, 2.45) is 11.7 Å². The summed E-state index contributed by atoms with van der Waals surface area (Å²) in [6.07, 6.45) is 0. The second-order valence-electron chi connectivity index (χ2n) is 4.78. The normalized spacial score (nSPS) is 13.2. The highest BCUT2D eigenvalue weighted by Crippen LogP contribution is 2.10. The first-order valence-corrected chi connectivity index (χ1v) is 7.72. The van der Waals surface area contributed by atoms with Crippen LogP contribution in [-0.2, 0) is 15.8 Å². The molecule has 6 heteroatoms. The number of nitrogens with two attached hydrogens (primary N) is 1. The fourth-order valence-corrected chi connectivity index (χ4v) is 3.21. The summed E-state index contributed by atoms with van der Waals surface area (Å²) >= 11 is 0. The van der Waals surface area contributed by atoms with Gasteiger partial charge in [-0.25, -0.2) is 13.1 Å². The molecule has 0 aliphatic carbocycles. The maximum Gasteiger partial charge on any atom is 0.216 e. The lowest BCUT2D eigenvalue weighted by Crippen LogP contribution is -2.44. The van der Waals surface area contributed by atoms with Gasteiger partial charge in [-0.05, 0) is 23.6 Å². The highest BCUT2D eigenvalue weighted by molar-refractivity contribution is 7.88. The van der Waals surface area contributed by atoms with Gasteiger partial charge < -0.3 is 5.73 Å². The van der Waals surface area contributed by atoms with Crippen molar-refractivity contribution in [3.05, 3.63) is 35.4 Å². The van der Waals surface area contributed by atoms with E-state index in [-0.39, 0.29) is 24.3 Å². The smallest absolute Gasteiger partial charge is 0.216 e. The predicted octanol–water partition coefficient (Wildman–Crippen LogP) is 0.961. The van der Waals surface area contributed by atoms with E-state index in [1.807, 2.05) is 19.9 Å². The molecule has 3 N–H and O–H groups in total. The largest absolute Gasteiger partial charge is 0.329 e. The summed E-state index contributed by atoms with van der Waals surface area (Å²) < 4.78 is 26.6. The fourth-order valence-electron chi connectivity index (χ4n) is 1.68. The average Bonchev–Trinajstić information content (AvgIpc) is 2.35. The molecule has 0 aromatic heterocycles. The number of rotatable bonds is 6. The Hall–Kier alpha value is -1.42. The Morgan fingerprint density at radius 1 is 1.42 bits per heavy atom. The third-order valence-corrected chi connectivity index (χ3v) is 4.18. The average molecular weight is 281 g/mol. The Kier molecular flexibility index (Phi) is 5.48. The Morgan fingerprint density at radius 2 is 2.11 bits per heavy atom. The summed E-state index contributed by atoms with van der Waals surface area (Å²) in [6, 6.07) is 8.29. The lowest BCUT2D eigenvalue weighted by atomic mass is 10.1. The first-order chi connectivity index (χ1) is 8.88. The molecule has 0 bridgehead atoms. The Morgan fingerprint density at radius 3 is 2.63 bits per heavy atom. The Labute approximate surface area is 114 Å². The number of nitrogens with one attached hydrogen (secondary N) is 1. The van der Waals surface area contributed by atoms with Crippen molar-refractivity contribution >= 4 is 10.0 Å². The molecule has 0 saturated heterocycles. The van der Waals surface area contributed by atoms with Crippen molar-refractivity contribution in [3.63, 3.8) is 0 Å². The molecule has 0 aliphatic heterocycles. The van der Waals surface area contributed by atoms with Crippen LogP contribution in [0.5, 0.6) is 0 Å². The van der Waals surface area contributed by atoms with Crippen molar-refractivity contribution < 1.29 is 8.42 Å². The van der Waals surface area contributed by atoms with Crippen LogP contribution in [0.3, 0.4) is 0 Å². The first kappa shape index (κ1) is 15.6. The van der Waals surface area contributed by atoms with Gasteiger partial charge >= 0.3 is 0 Å². The molecule has 0 aliphatic rings. The number of nitrogens with zero attached hydrogens (tertiary/aromatic N) is 1. The van der Waals surface area contributed by atoms with Gasteiger partial charge in [-0.2, -0.15) is 5.26 Å². The maximum absolute atomic E-state index is 12.0. The summed E-state index contributed by atoms with van der Waals surface area (Å²) in [7, 11) is -3.46. The fraction of sp³-hybridized carbons (Fsp3) is 0.462. The minimum Gasteiger partial charge on any atom is -0.329 e. The Bertz CT molecular complexity index is 561. The van der Waals surface area contributed by atoms with E-state index in [2.05, 4.69) is 4.72 Å². The van der Waals surface area contributed by atoms with Crippen molar-refractivity contribution in [2.75, 3.05) is 6.54 Å². The molecule has 0 heterocycles. The molecule has 0 radical (unpaired) electrons. The molecule has 5 nitrogen and oxygen atoms in total. The summed E-state index contributed by atoms with van der Waals surface area (Å²) in [5, 5.41) is 8.79. The molecule has 1 aromatic carbocycles. The van der Waals surface area contributed by atoms with E-state index in [1.165, 1.54) is 0 Å². The number of hydrogen-bond donors (Lipinski definition) is 2. The van der Waals surface area contributed by atoms with Crippen molar-refractivity contribution in [1.82, 2.24) is 4.72 Å². The van der Waals surface area contributed by atoms with Gasteiger partial charge in [-0.3, -0.25) is 0 Å². The standard InChI is InChI=1S/C13H19N3O2S/c1-10(2)13(8-15)16-19(17,18)9-12-5-3-4-11(6-12)7-14/h3-6,10,13,16H,8-9,15H2,1-2H3. The summed E-state index contributed by atoms with van der Waals surface area (Å²) in [6.45, 7) is 4.09. The van der Waals surface area contributed by atoms with Gasteiger partial charge in [0.15, 0.2) is 0 Å². The third-order valence-electron chi connectivity index (χ3n) is 2.80. The minimum absolute atomic E-state index is 0.130. The van der Waals surface area contributed by atoms with E-state index in [0.29, 0.717) is 11.1 Å². The van der Waals surface area contributed by atoms with Gasteiger partial charge in [0.2, 0.25) is 10.0 Å². The summed E-state index contributed by atoms with van der Waals surface area (Å²) in [4.78, 5) is 0. The highest BCUT2D eigenvalue weighted by Gasteiger charge is 2.19. The minimum atomic E-state index is -3.46. The lowest BCUT2D eigenvalue weighted by Gasteiger charge is -2.20. The van der Waals surface area contributed by atoms with Crippen LogP contribution in [0.4, 0.5) is 0 Å². The van der Waals surface area contributed by atoms with Crippen LogP contribution < -0.4 is 10.5 Å². The first-order valence-electron chi connectivity index (χ1n) is 6.07. The third kappa shape index (κ3) is 4.99. The van der Waals surface area contributed by atoms with Crippen molar-refractivity contribution in [2.45, 2.75) is 25.6 Å². The quantitative estimate of drug-likeness (QED) is 0.811. The second kappa shape index (κ2) is 6.66. The zero-order chi connectivity index (χ0) is 14.5. The van der Waals surface area contributed by atoms with E-state index in [9.17, 15) is 8.42 Å². The monoisotopic (exact) mass is 281 g/mol. The number of sulfonamides is 1. The van der Waals surface area contributed by atoms with Crippen LogP contribution in [0.15, 0.2) is 24.3 Å². The van der Waals surface area contributed by atoms with Gasteiger partial charge in [0.05, 0.1) is 17.4 Å². The molecule has 104 valence electrons. The number of nitriles is 1. The lowest BCUT2D eigenvalue weighted by molar-refractivity contribution is 0.454. The highest BCUT2D eigenvalue weighted by atomic mass is 32.2. The molecular formula is C13H19N3O2S. The summed E-state index contributed by atoms with van der Waals surface area (Å²) in [5.41, 5.74) is 6.59. The van der Waals surface area contributed by atoms with Crippen LogP contribution in [0.1, 0.15) is 25.0 Å². The van der Waals surface area contributed by atoms with Crippen LogP contribution in [0.25, 0.3) is 0 Å². The number of hydrogen-bond acceptors (Lipinski definition) is 4. The molecule has 0 saturated carbocycles. The number of benzene rings is 1. The molecule has 1 rings (SSSR count). The van der Waals surface area contributed by atoms with Crippen LogP contribution in [0.2, 0.25) is 0 Å². The predicted molar refractivity (Wildman–Crippen MR) is 74.6 cm³/mol. The topological polar surface area (TPSA) is 96.0 Å². The van der Waals surface area contributed by atoms with Crippen LogP contribution >= 0.6 is 0 Å². The van der Waals surface area contributed by atoms with Crippen LogP contribution in [0, 0.1) is 17.2 Å². The molecule has 1 atom stereocenters. The molecule has 19 heavy (non-hydrogen) atoms.